The number of fused-ring (bicyclic) bond motifs is 1. The van der Waals surface area contributed by atoms with E-state index in [9.17, 15) is 0 Å². The lowest BCUT2D eigenvalue weighted by atomic mass is 9.99. The van der Waals surface area contributed by atoms with Gasteiger partial charge in [0.05, 0.1) is 0 Å². The summed E-state index contributed by atoms with van der Waals surface area (Å²) in [6.45, 7) is 4.01. The highest BCUT2D eigenvalue weighted by atomic mass is 127. The van der Waals surface area contributed by atoms with E-state index < -0.39 is 0 Å². The number of nitrogens with one attached hydrogen (secondary N) is 2. The summed E-state index contributed by atoms with van der Waals surface area (Å²) in [5.41, 5.74) is 0. The van der Waals surface area contributed by atoms with E-state index in [1.807, 2.05) is 14.0 Å². The van der Waals surface area contributed by atoms with Crippen LogP contribution in [0.3, 0.4) is 0 Å². The molecule has 1 unspecified atom stereocenters. The first kappa shape index (κ1) is 17.5. The lowest BCUT2D eigenvalue weighted by molar-refractivity contribution is 0.358. The third kappa shape index (κ3) is 4.11. The summed E-state index contributed by atoms with van der Waals surface area (Å²) in [5, 5.41) is 15.4. The van der Waals surface area contributed by atoms with Crippen molar-refractivity contribution in [1.82, 2.24) is 25.4 Å². The second-order valence-corrected chi connectivity index (χ2v) is 6.26. The van der Waals surface area contributed by atoms with E-state index in [4.69, 9.17) is 0 Å². The average Bonchev–Trinajstić information content (AvgIpc) is 3.14. The number of rotatable bonds is 3. The Balaban J connectivity index is 0.00000176. The minimum Gasteiger partial charge on any atom is -0.356 e. The molecule has 0 radical (unpaired) electrons. The second kappa shape index (κ2) is 8.12. The van der Waals surface area contributed by atoms with Crippen molar-refractivity contribution >= 4 is 29.9 Å². The summed E-state index contributed by atoms with van der Waals surface area (Å²) in [7, 11) is 1.85. The van der Waals surface area contributed by atoms with E-state index in [0.29, 0.717) is 12.0 Å². The Labute approximate surface area is 149 Å². The molecule has 22 heavy (non-hydrogen) atoms. The number of hydrogen-bond donors (Lipinski definition) is 2. The van der Waals surface area contributed by atoms with Gasteiger partial charge in [-0.3, -0.25) is 4.99 Å². The largest absolute Gasteiger partial charge is 0.356 e. The first-order valence-corrected chi connectivity index (χ1v) is 8.12. The van der Waals surface area contributed by atoms with Crippen LogP contribution in [-0.2, 0) is 13.0 Å². The molecular formula is C15H27IN6. The first-order valence-electron chi connectivity index (χ1n) is 8.12. The fourth-order valence-corrected chi connectivity index (χ4v) is 3.40. The summed E-state index contributed by atoms with van der Waals surface area (Å²) in [4.78, 5) is 4.35. The molecule has 2 aliphatic rings. The molecule has 1 aromatic rings. The van der Waals surface area contributed by atoms with Gasteiger partial charge in [-0.05, 0) is 32.1 Å². The van der Waals surface area contributed by atoms with Crippen molar-refractivity contribution in [3.8, 4) is 0 Å². The van der Waals surface area contributed by atoms with Crippen LogP contribution in [0.4, 0.5) is 0 Å². The van der Waals surface area contributed by atoms with E-state index in [1.54, 1.807) is 0 Å². The first-order chi connectivity index (χ1) is 10.3. The SMILES string of the molecule is CN=C(NCC1CCc2nnc(C)n2C1)NC1CCCC1.I. The van der Waals surface area contributed by atoms with Crippen LogP contribution in [0.5, 0.6) is 0 Å². The molecule has 1 aromatic heterocycles. The van der Waals surface area contributed by atoms with Crippen LogP contribution in [0.1, 0.15) is 43.8 Å². The molecule has 124 valence electrons. The van der Waals surface area contributed by atoms with Crippen molar-refractivity contribution in [1.29, 1.82) is 0 Å². The molecule has 0 aromatic carbocycles. The number of aromatic nitrogens is 3. The normalized spacial score (nSPS) is 22.1. The van der Waals surface area contributed by atoms with Crippen molar-refractivity contribution in [2.24, 2.45) is 10.9 Å². The number of nitrogens with zero attached hydrogens (tertiary/aromatic N) is 4. The van der Waals surface area contributed by atoms with Gasteiger partial charge in [0, 0.05) is 32.6 Å². The van der Waals surface area contributed by atoms with E-state index in [0.717, 1.165) is 37.1 Å². The number of hydrogen-bond acceptors (Lipinski definition) is 3. The highest BCUT2D eigenvalue weighted by Gasteiger charge is 2.22. The van der Waals surface area contributed by atoms with Gasteiger partial charge in [0.2, 0.25) is 0 Å². The molecule has 1 fully saturated rings. The summed E-state index contributed by atoms with van der Waals surface area (Å²) in [6, 6.07) is 0.606. The van der Waals surface area contributed by atoms with Crippen LogP contribution in [0.15, 0.2) is 4.99 Å². The lowest BCUT2D eigenvalue weighted by Gasteiger charge is -2.25. The minimum atomic E-state index is 0. The van der Waals surface area contributed by atoms with Crippen LogP contribution in [0.25, 0.3) is 0 Å². The Hall–Kier alpha value is -0.860. The molecule has 3 rings (SSSR count). The fraction of sp³-hybridized carbons (Fsp3) is 0.800. The van der Waals surface area contributed by atoms with Crippen molar-refractivity contribution in [3.63, 3.8) is 0 Å². The number of aryl methyl sites for hydroxylation is 2. The quantitative estimate of drug-likeness (QED) is 0.447. The van der Waals surface area contributed by atoms with Crippen LogP contribution < -0.4 is 10.6 Å². The Kier molecular flexibility index (Phi) is 6.46. The van der Waals surface area contributed by atoms with Gasteiger partial charge < -0.3 is 15.2 Å². The molecule has 0 spiro atoms. The van der Waals surface area contributed by atoms with Gasteiger partial charge in [0.25, 0.3) is 0 Å². The van der Waals surface area contributed by atoms with E-state index >= 15 is 0 Å². The van der Waals surface area contributed by atoms with E-state index in [1.165, 1.54) is 32.1 Å². The molecular weight excluding hydrogens is 391 g/mol. The standard InChI is InChI=1S/C15H26N6.HI/c1-11-19-20-14-8-7-12(10-21(11)14)9-17-15(16-2)18-13-5-3-4-6-13;/h12-13H,3-10H2,1-2H3,(H2,16,17,18);1H. The maximum atomic E-state index is 4.35. The number of guanidine groups is 1. The average molecular weight is 418 g/mol. The maximum Gasteiger partial charge on any atom is 0.191 e. The molecule has 1 saturated carbocycles. The van der Waals surface area contributed by atoms with Gasteiger partial charge in [-0.25, -0.2) is 0 Å². The third-order valence-corrected chi connectivity index (χ3v) is 4.71. The van der Waals surface area contributed by atoms with Crippen molar-refractivity contribution in [3.05, 3.63) is 11.6 Å². The smallest absolute Gasteiger partial charge is 0.191 e. The number of halogens is 1. The molecule has 1 aliphatic carbocycles. The van der Waals surface area contributed by atoms with Gasteiger partial charge in [-0.15, -0.1) is 34.2 Å². The Bertz CT molecular complexity index is 506. The number of aliphatic imine (C=N–C) groups is 1. The zero-order valence-electron chi connectivity index (χ0n) is 13.5. The third-order valence-electron chi connectivity index (χ3n) is 4.71. The van der Waals surface area contributed by atoms with Gasteiger partial charge in [-0.1, -0.05) is 12.8 Å². The summed E-state index contributed by atoms with van der Waals surface area (Å²) < 4.78 is 2.25. The van der Waals surface area contributed by atoms with Crippen molar-refractivity contribution < 1.29 is 0 Å². The molecule has 6 nitrogen and oxygen atoms in total. The molecule has 0 amide bonds. The molecule has 2 heterocycles. The molecule has 2 N–H and O–H groups in total. The van der Waals surface area contributed by atoms with Crippen molar-refractivity contribution in [2.75, 3.05) is 13.6 Å². The Morgan fingerprint density at radius 2 is 2.05 bits per heavy atom. The highest BCUT2D eigenvalue weighted by molar-refractivity contribution is 14.0. The molecule has 1 aliphatic heterocycles. The van der Waals surface area contributed by atoms with Crippen LogP contribution >= 0.6 is 24.0 Å². The predicted molar refractivity (Wildman–Crippen MR) is 98.7 cm³/mol. The summed E-state index contributed by atoms with van der Waals surface area (Å²) >= 11 is 0. The molecule has 0 bridgehead atoms. The minimum absolute atomic E-state index is 0. The van der Waals surface area contributed by atoms with E-state index in [2.05, 4.69) is 30.4 Å². The zero-order chi connectivity index (χ0) is 14.7. The van der Waals surface area contributed by atoms with Crippen LogP contribution in [-0.4, -0.2) is 40.4 Å². The van der Waals surface area contributed by atoms with Gasteiger partial charge >= 0.3 is 0 Å². The maximum absolute atomic E-state index is 4.35. The topological polar surface area (TPSA) is 67.1 Å². The Morgan fingerprint density at radius 3 is 2.77 bits per heavy atom. The van der Waals surface area contributed by atoms with Gasteiger partial charge in [0.15, 0.2) is 5.96 Å². The Morgan fingerprint density at radius 1 is 1.27 bits per heavy atom. The summed E-state index contributed by atoms with van der Waals surface area (Å²) in [6.07, 6.45) is 7.42. The highest BCUT2D eigenvalue weighted by Crippen LogP contribution is 2.19. The van der Waals surface area contributed by atoms with Gasteiger partial charge in [-0.2, -0.15) is 0 Å². The molecule has 0 saturated heterocycles. The predicted octanol–water partition coefficient (Wildman–Crippen LogP) is 1.87. The summed E-state index contributed by atoms with van der Waals surface area (Å²) in [5.74, 6) is 3.74. The molecule has 1 atom stereocenters. The fourth-order valence-electron chi connectivity index (χ4n) is 3.40. The van der Waals surface area contributed by atoms with Crippen LogP contribution in [0, 0.1) is 12.8 Å². The zero-order valence-corrected chi connectivity index (χ0v) is 15.8. The lowest BCUT2D eigenvalue weighted by Crippen LogP contribution is -2.44. The molecule has 7 heteroatoms. The van der Waals surface area contributed by atoms with Crippen molar-refractivity contribution in [2.45, 2.75) is 58.0 Å². The van der Waals surface area contributed by atoms with Crippen LogP contribution in [0.2, 0.25) is 0 Å². The van der Waals surface area contributed by atoms with E-state index in [-0.39, 0.29) is 24.0 Å². The van der Waals surface area contributed by atoms with Gasteiger partial charge in [0.1, 0.15) is 11.6 Å². The monoisotopic (exact) mass is 418 g/mol. The second-order valence-electron chi connectivity index (χ2n) is 6.26.